The first kappa shape index (κ1) is 19.4. The van der Waals surface area contributed by atoms with Gasteiger partial charge in [-0.15, -0.1) is 5.10 Å². The number of halogens is 6. The van der Waals surface area contributed by atoms with Gasteiger partial charge in [-0.25, -0.2) is 9.55 Å². The minimum Gasteiger partial charge on any atom is -0.399 e. The first-order chi connectivity index (χ1) is 12.5. The molecule has 1 saturated carbocycles. The van der Waals surface area contributed by atoms with Gasteiger partial charge < -0.3 is 4.42 Å². The topological polar surface area (TPSA) is 73.8 Å². The Bertz CT molecular complexity index is 878. The molecule has 0 unspecified atom stereocenters. The summed E-state index contributed by atoms with van der Waals surface area (Å²) in [6, 6.07) is 0.357. The van der Waals surface area contributed by atoms with E-state index in [1.54, 1.807) is 0 Å². The number of alkyl halides is 6. The molecule has 1 fully saturated rings. The molecule has 12 heteroatoms. The predicted octanol–water partition coefficient (Wildman–Crippen LogP) is 3.78. The van der Waals surface area contributed by atoms with E-state index in [0.717, 1.165) is 10.6 Å². The van der Waals surface area contributed by atoms with E-state index in [4.69, 9.17) is 0 Å². The zero-order valence-corrected chi connectivity index (χ0v) is 13.9. The van der Waals surface area contributed by atoms with Crippen molar-refractivity contribution < 1.29 is 30.8 Å². The standard InChI is InChI=1S/C15H14F6N4O2/c1-7-6-10(26)25(13-24-23-12(27-13)15(19,20)21)11(22-7)8-2-4-9(5-3-8)14(16,17)18/h6,8-9H,2-5H2,1H3/t8-,9+. The van der Waals surface area contributed by atoms with Gasteiger partial charge in [0.1, 0.15) is 5.82 Å². The fourth-order valence-electron chi connectivity index (χ4n) is 3.18. The summed E-state index contributed by atoms with van der Waals surface area (Å²) in [7, 11) is 0. The van der Waals surface area contributed by atoms with Crippen LogP contribution in [-0.2, 0) is 6.18 Å². The molecule has 0 radical (unpaired) electrons. The highest BCUT2D eigenvalue weighted by Crippen LogP contribution is 2.42. The Balaban J connectivity index is 1.97. The summed E-state index contributed by atoms with van der Waals surface area (Å²) < 4.78 is 81.9. The predicted molar refractivity (Wildman–Crippen MR) is 78.2 cm³/mol. The van der Waals surface area contributed by atoms with Crippen molar-refractivity contribution in [2.45, 2.75) is 50.9 Å². The molecule has 2 heterocycles. The second kappa shape index (κ2) is 6.64. The monoisotopic (exact) mass is 396 g/mol. The summed E-state index contributed by atoms with van der Waals surface area (Å²) in [5.74, 6) is -3.59. The molecule has 27 heavy (non-hydrogen) atoms. The molecule has 3 rings (SSSR count). The molecular formula is C15H14F6N4O2. The average molecular weight is 396 g/mol. The van der Waals surface area contributed by atoms with Gasteiger partial charge in [0, 0.05) is 17.7 Å². The summed E-state index contributed by atoms with van der Waals surface area (Å²) in [5, 5.41) is 6.14. The first-order valence-corrected chi connectivity index (χ1v) is 8.05. The van der Waals surface area contributed by atoms with Crippen LogP contribution in [0.2, 0.25) is 0 Å². The average Bonchev–Trinajstić information content (AvgIpc) is 3.03. The van der Waals surface area contributed by atoms with Crippen LogP contribution < -0.4 is 5.56 Å². The Morgan fingerprint density at radius 2 is 1.70 bits per heavy atom. The summed E-state index contributed by atoms with van der Waals surface area (Å²) >= 11 is 0. The van der Waals surface area contributed by atoms with E-state index in [0.29, 0.717) is 5.69 Å². The van der Waals surface area contributed by atoms with Gasteiger partial charge in [-0.2, -0.15) is 26.3 Å². The number of aromatic nitrogens is 4. The van der Waals surface area contributed by atoms with Crippen LogP contribution in [0.3, 0.4) is 0 Å². The van der Waals surface area contributed by atoms with Crippen LogP contribution >= 0.6 is 0 Å². The van der Waals surface area contributed by atoms with Crippen LogP contribution in [0.1, 0.15) is 49.0 Å². The molecule has 2 aromatic rings. The third kappa shape index (κ3) is 3.98. The Hall–Kier alpha value is -2.40. The Morgan fingerprint density at radius 3 is 2.22 bits per heavy atom. The quantitative estimate of drug-likeness (QED) is 0.723. The number of hydrogen-bond donors (Lipinski definition) is 0. The third-order valence-corrected chi connectivity index (χ3v) is 4.48. The van der Waals surface area contributed by atoms with Crippen molar-refractivity contribution in [2.75, 3.05) is 0 Å². The van der Waals surface area contributed by atoms with Crippen LogP contribution in [0.25, 0.3) is 6.01 Å². The molecule has 148 valence electrons. The highest BCUT2D eigenvalue weighted by molar-refractivity contribution is 5.17. The lowest BCUT2D eigenvalue weighted by Crippen LogP contribution is -2.31. The minimum absolute atomic E-state index is 0.0259. The highest BCUT2D eigenvalue weighted by atomic mass is 19.4. The SMILES string of the molecule is Cc1cc(=O)n(-c2nnc(C(F)(F)F)o2)c([C@H]2CC[C@@H](C(F)(F)F)CC2)n1. The highest BCUT2D eigenvalue weighted by Gasteiger charge is 2.43. The lowest BCUT2D eigenvalue weighted by atomic mass is 9.81. The zero-order chi connectivity index (χ0) is 20.0. The van der Waals surface area contributed by atoms with Crippen LogP contribution in [0.4, 0.5) is 26.3 Å². The normalized spacial score (nSPS) is 21.4. The molecule has 2 aromatic heterocycles. The van der Waals surface area contributed by atoms with Crippen LogP contribution in [-0.4, -0.2) is 25.9 Å². The van der Waals surface area contributed by atoms with Crippen molar-refractivity contribution in [1.29, 1.82) is 0 Å². The molecule has 0 spiro atoms. The largest absolute Gasteiger partial charge is 0.470 e. The maximum Gasteiger partial charge on any atom is 0.470 e. The van der Waals surface area contributed by atoms with Crippen molar-refractivity contribution >= 4 is 0 Å². The number of rotatable bonds is 2. The summed E-state index contributed by atoms with van der Waals surface area (Å²) in [4.78, 5) is 16.5. The van der Waals surface area contributed by atoms with Gasteiger partial charge >= 0.3 is 24.3 Å². The molecular weight excluding hydrogens is 382 g/mol. The smallest absolute Gasteiger partial charge is 0.399 e. The fourth-order valence-corrected chi connectivity index (χ4v) is 3.18. The summed E-state index contributed by atoms with van der Waals surface area (Å²) in [6.07, 6.45) is -9.34. The van der Waals surface area contributed by atoms with Gasteiger partial charge in [-0.3, -0.25) is 4.79 Å². The van der Waals surface area contributed by atoms with Gasteiger partial charge in [0.15, 0.2) is 0 Å². The van der Waals surface area contributed by atoms with E-state index >= 15 is 0 Å². The van der Waals surface area contributed by atoms with Gasteiger partial charge in [-0.1, -0.05) is 5.10 Å². The van der Waals surface area contributed by atoms with Crippen molar-refractivity contribution in [3.05, 3.63) is 33.8 Å². The van der Waals surface area contributed by atoms with Crippen LogP contribution in [0.15, 0.2) is 15.3 Å². The first-order valence-electron chi connectivity index (χ1n) is 8.05. The second-order valence-electron chi connectivity index (χ2n) is 6.41. The lowest BCUT2D eigenvalue weighted by molar-refractivity contribution is -0.182. The molecule has 1 aliphatic carbocycles. The van der Waals surface area contributed by atoms with E-state index in [1.165, 1.54) is 6.92 Å². The van der Waals surface area contributed by atoms with Gasteiger partial charge in [-0.05, 0) is 32.6 Å². The molecule has 0 aromatic carbocycles. The molecule has 1 aliphatic rings. The Labute approximate surface area is 148 Å². The molecule has 0 amide bonds. The van der Waals surface area contributed by atoms with Gasteiger partial charge in [0.2, 0.25) is 0 Å². The van der Waals surface area contributed by atoms with E-state index in [-0.39, 0.29) is 31.5 Å². The molecule has 0 N–H and O–H groups in total. The zero-order valence-electron chi connectivity index (χ0n) is 13.9. The molecule has 0 bridgehead atoms. The third-order valence-electron chi connectivity index (χ3n) is 4.48. The Kier molecular flexibility index (Phi) is 4.76. The van der Waals surface area contributed by atoms with Gasteiger partial charge in [0.05, 0.1) is 5.92 Å². The van der Waals surface area contributed by atoms with Crippen LogP contribution in [0, 0.1) is 12.8 Å². The van der Waals surface area contributed by atoms with E-state index < -0.39 is 41.7 Å². The number of hydrogen-bond acceptors (Lipinski definition) is 5. The molecule has 6 nitrogen and oxygen atoms in total. The lowest BCUT2D eigenvalue weighted by Gasteiger charge is -2.30. The maximum absolute atomic E-state index is 12.8. The number of nitrogens with zero attached hydrogens (tertiary/aromatic N) is 4. The second-order valence-corrected chi connectivity index (χ2v) is 6.41. The van der Waals surface area contributed by atoms with Crippen LogP contribution in [0.5, 0.6) is 0 Å². The van der Waals surface area contributed by atoms with Crippen molar-refractivity contribution in [3.63, 3.8) is 0 Å². The maximum atomic E-state index is 12.8. The summed E-state index contributed by atoms with van der Waals surface area (Å²) in [5.41, 5.74) is -0.451. The summed E-state index contributed by atoms with van der Waals surface area (Å²) in [6.45, 7) is 1.51. The Morgan fingerprint density at radius 1 is 1.07 bits per heavy atom. The van der Waals surface area contributed by atoms with Gasteiger partial charge in [0.25, 0.3) is 5.56 Å². The molecule has 0 saturated heterocycles. The van der Waals surface area contributed by atoms with E-state index in [1.807, 2.05) is 0 Å². The van der Waals surface area contributed by atoms with E-state index in [9.17, 15) is 31.1 Å². The van der Waals surface area contributed by atoms with Crippen molar-refractivity contribution in [1.82, 2.24) is 19.7 Å². The fraction of sp³-hybridized carbons (Fsp3) is 0.600. The van der Waals surface area contributed by atoms with E-state index in [2.05, 4.69) is 19.6 Å². The van der Waals surface area contributed by atoms with Crippen molar-refractivity contribution in [3.8, 4) is 6.01 Å². The molecule has 0 atom stereocenters. The number of aryl methyl sites for hydroxylation is 1. The molecule has 0 aliphatic heterocycles. The minimum atomic E-state index is -4.89. The van der Waals surface area contributed by atoms with Crippen molar-refractivity contribution in [2.24, 2.45) is 5.92 Å².